The molecule has 26 heavy (non-hydrogen) atoms. The minimum Gasteiger partial charge on any atom is -0.454 e. The van der Waals surface area contributed by atoms with E-state index in [2.05, 4.69) is 29.1 Å². The molecular formula is C19H24N4O3. The van der Waals surface area contributed by atoms with Gasteiger partial charge in [-0.05, 0) is 36.6 Å². The maximum atomic E-state index is 12.7. The van der Waals surface area contributed by atoms with Gasteiger partial charge < -0.3 is 19.7 Å². The molecule has 2 heterocycles. The molecule has 7 nitrogen and oxygen atoms in total. The normalized spacial score (nSPS) is 12.1. The number of hydrogen-bond acceptors (Lipinski definition) is 6. The molecule has 0 saturated heterocycles. The Morgan fingerprint density at radius 3 is 2.69 bits per heavy atom. The fraction of sp³-hybridized carbons (Fsp3) is 0.421. The minimum atomic E-state index is -0.0535. The van der Waals surface area contributed by atoms with Crippen molar-refractivity contribution in [2.45, 2.75) is 33.2 Å². The summed E-state index contributed by atoms with van der Waals surface area (Å²) in [5, 5.41) is 3.16. The molecule has 1 aromatic heterocycles. The van der Waals surface area contributed by atoms with Crippen LogP contribution in [0.4, 0.5) is 5.95 Å². The Kier molecular flexibility index (Phi) is 5.88. The Balaban J connectivity index is 1.66. The lowest BCUT2D eigenvalue weighted by Crippen LogP contribution is -2.33. The quantitative estimate of drug-likeness (QED) is 0.783. The Morgan fingerprint density at radius 2 is 1.92 bits per heavy atom. The lowest BCUT2D eigenvalue weighted by atomic mass is 10.2. The van der Waals surface area contributed by atoms with Crippen LogP contribution in [0.25, 0.3) is 0 Å². The Bertz CT molecular complexity index is 760. The molecule has 1 aliphatic rings. The molecule has 0 fully saturated rings. The molecule has 7 heteroatoms. The summed E-state index contributed by atoms with van der Waals surface area (Å²) in [6.45, 7) is 6.38. The van der Waals surface area contributed by atoms with Crippen LogP contribution in [0.15, 0.2) is 30.5 Å². The summed E-state index contributed by atoms with van der Waals surface area (Å²) in [6, 6.07) is 7.42. The van der Waals surface area contributed by atoms with E-state index in [1.165, 1.54) is 0 Å². The van der Waals surface area contributed by atoms with Gasteiger partial charge in [-0.2, -0.15) is 0 Å². The van der Waals surface area contributed by atoms with Crippen LogP contribution in [0.5, 0.6) is 11.5 Å². The summed E-state index contributed by atoms with van der Waals surface area (Å²) in [4.78, 5) is 23.1. The smallest absolute Gasteiger partial charge is 0.272 e. The van der Waals surface area contributed by atoms with Gasteiger partial charge >= 0.3 is 0 Å². The van der Waals surface area contributed by atoms with Crippen molar-refractivity contribution in [3.63, 3.8) is 0 Å². The zero-order valence-electron chi connectivity index (χ0n) is 15.2. The summed E-state index contributed by atoms with van der Waals surface area (Å²) < 4.78 is 10.7. The van der Waals surface area contributed by atoms with Crippen molar-refractivity contribution in [2.75, 3.05) is 25.2 Å². The van der Waals surface area contributed by atoms with Gasteiger partial charge in [-0.3, -0.25) is 4.79 Å². The number of nitrogens with one attached hydrogen (secondary N) is 1. The molecule has 1 aromatic carbocycles. The largest absolute Gasteiger partial charge is 0.454 e. The minimum absolute atomic E-state index is 0.0535. The summed E-state index contributed by atoms with van der Waals surface area (Å²) in [7, 11) is 0. The van der Waals surface area contributed by atoms with Crippen LogP contribution in [0.3, 0.4) is 0 Å². The number of carbonyl (C=O) groups is 1. The van der Waals surface area contributed by atoms with Crippen molar-refractivity contribution in [3.05, 3.63) is 41.7 Å². The van der Waals surface area contributed by atoms with Crippen LogP contribution < -0.4 is 14.8 Å². The van der Waals surface area contributed by atoms with Gasteiger partial charge in [0, 0.05) is 25.8 Å². The first-order chi connectivity index (χ1) is 12.7. The average molecular weight is 356 g/mol. The predicted octanol–water partition coefficient (Wildman–Crippen LogP) is 3.08. The van der Waals surface area contributed by atoms with E-state index in [-0.39, 0.29) is 12.7 Å². The third-order valence-electron chi connectivity index (χ3n) is 4.04. The first kappa shape index (κ1) is 18.0. The molecule has 0 unspecified atom stereocenters. The van der Waals surface area contributed by atoms with Crippen LogP contribution in [0, 0.1) is 0 Å². The van der Waals surface area contributed by atoms with E-state index < -0.39 is 0 Å². The molecule has 3 rings (SSSR count). The van der Waals surface area contributed by atoms with E-state index in [0.29, 0.717) is 18.2 Å². The molecule has 0 radical (unpaired) electrons. The van der Waals surface area contributed by atoms with E-state index in [1.54, 1.807) is 12.3 Å². The van der Waals surface area contributed by atoms with Crippen LogP contribution in [-0.2, 0) is 6.54 Å². The topological polar surface area (TPSA) is 76.6 Å². The van der Waals surface area contributed by atoms with Gasteiger partial charge in [-0.15, -0.1) is 0 Å². The first-order valence-corrected chi connectivity index (χ1v) is 8.96. The Hall–Kier alpha value is -2.83. The van der Waals surface area contributed by atoms with Crippen LogP contribution in [-0.4, -0.2) is 40.7 Å². The predicted molar refractivity (Wildman–Crippen MR) is 98.4 cm³/mol. The van der Waals surface area contributed by atoms with E-state index in [4.69, 9.17) is 9.47 Å². The highest BCUT2D eigenvalue weighted by atomic mass is 16.7. The van der Waals surface area contributed by atoms with E-state index in [1.807, 2.05) is 23.1 Å². The number of fused-ring (bicyclic) bond motifs is 1. The van der Waals surface area contributed by atoms with E-state index >= 15 is 0 Å². The van der Waals surface area contributed by atoms with Gasteiger partial charge in [-0.1, -0.05) is 19.9 Å². The van der Waals surface area contributed by atoms with Gasteiger partial charge in [-0.25, -0.2) is 9.97 Å². The van der Waals surface area contributed by atoms with Crippen molar-refractivity contribution in [1.29, 1.82) is 0 Å². The molecule has 0 aliphatic carbocycles. The van der Waals surface area contributed by atoms with E-state index in [9.17, 15) is 4.79 Å². The lowest BCUT2D eigenvalue weighted by Gasteiger charge is -2.21. The van der Waals surface area contributed by atoms with Gasteiger partial charge in [0.1, 0.15) is 5.69 Å². The molecule has 0 bridgehead atoms. The highest BCUT2D eigenvalue weighted by molar-refractivity contribution is 5.92. The summed E-state index contributed by atoms with van der Waals surface area (Å²) in [5.41, 5.74) is 1.43. The molecule has 1 amide bonds. The van der Waals surface area contributed by atoms with Crippen LogP contribution >= 0.6 is 0 Å². The number of ether oxygens (including phenoxy) is 2. The summed E-state index contributed by atoms with van der Waals surface area (Å²) >= 11 is 0. The monoisotopic (exact) mass is 356 g/mol. The van der Waals surface area contributed by atoms with Crippen molar-refractivity contribution in [1.82, 2.24) is 14.9 Å². The van der Waals surface area contributed by atoms with Gasteiger partial charge in [0.05, 0.1) is 0 Å². The van der Waals surface area contributed by atoms with Crippen molar-refractivity contribution in [2.24, 2.45) is 0 Å². The zero-order chi connectivity index (χ0) is 18.4. The number of carbonyl (C=O) groups excluding carboxylic acids is 1. The molecule has 0 spiro atoms. The second-order valence-electron chi connectivity index (χ2n) is 6.10. The van der Waals surface area contributed by atoms with Crippen molar-refractivity contribution >= 4 is 11.9 Å². The third-order valence-corrected chi connectivity index (χ3v) is 4.04. The number of hydrogen-bond donors (Lipinski definition) is 1. The molecule has 138 valence electrons. The van der Waals surface area contributed by atoms with Gasteiger partial charge in [0.25, 0.3) is 5.91 Å². The molecular weight excluding hydrogens is 332 g/mol. The molecule has 0 saturated carbocycles. The molecule has 2 aromatic rings. The highest BCUT2D eigenvalue weighted by Gasteiger charge is 2.17. The van der Waals surface area contributed by atoms with Gasteiger partial charge in [0.15, 0.2) is 11.5 Å². The number of benzene rings is 1. The SMILES string of the molecule is CCCN(CCC)C(=O)c1ccnc(NCc2ccc3c(c2)OCO3)n1. The fourth-order valence-electron chi connectivity index (χ4n) is 2.81. The molecule has 0 atom stereocenters. The van der Waals surface area contributed by atoms with Crippen molar-refractivity contribution in [3.8, 4) is 11.5 Å². The van der Waals surface area contributed by atoms with Crippen LogP contribution in [0.2, 0.25) is 0 Å². The van der Waals surface area contributed by atoms with Crippen molar-refractivity contribution < 1.29 is 14.3 Å². The number of aromatic nitrogens is 2. The average Bonchev–Trinajstić information content (AvgIpc) is 3.13. The van der Waals surface area contributed by atoms with Gasteiger partial charge in [0.2, 0.25) is 12.7 Å². The Labute approximate surface area is 153 Å². The standard InChI is InChI=1S/C19H24N4O3/c1-3-9-23(10-4-2)18(24)15-7-8-20-19(22-15)21-12-14-5-6-16-17(11-14)26-13-25-16/h5-8,11H,3-4,9-10,12-13H2,1-2H3,(H,20,21,22). The number of amides is 1. The maximum Gasteiger partial charge on any atom is 0.272 e. The Morgan fingerprint density at radius 1 is 1.15 bits per heavy atom. The second-order valence-corrected chi connectivity index (χ2v) is 6.10. The third kappa shape index (κ3) is 4.22. The summed E-state index contributed by atoms with van der Waals surface area (Å²) in [5.74, 6) is 1.87. The lowest BCUT2D eigenvalue weighted by molar-refractivity contribution is 0.0749. The second kappa shape index (κ2) is 8.51. The molecule has 1 N–H and O–H groups in total. The maximum absolute atomic E-state index is 12.7. The number of anilines is 1. The van der Waals surface area contributed by atoms with Crippen LogP contribution in [0.1, 0.15) is 42.7 Å². The molecule has 1 aliphatic heterocycles. The first-order valence-electron chi connectivity index (χ1n) is 8.96. The highest BCUT2D eigenvalue weighted by Crippen LogP contribution is 2.32. The van der Waals surface area contributed by atoms with E-state index in [0.717, 1.165) is 43.0 Å². The zero-order valence-corrected chi connectivity index (χ0v) is 15.2. The summed E-state index contributed by atoms with van der Waals surface area (Å²) in [6.07, 6.45) is 3.45. The fourth-order valence-corrected chi connectivity index (χ4v) is 2.81. The number of nitrogens with zero attached hydrogens (tertiary/aromatic N) is 3. The number of rotatable bonds is 8.